The highest BCUT2D eigenvalue weighted by Crippen LogP contribution is 2.57. The van der Waals surface area contributed by atoms with Gasteiger partial charge in [0.25, 0.3) is 5.56 Å². The molecule has 6 nitrogen and oxygen atoms in total. The summed E-state index contributed by atoms with van der Waals surface area (Å²) in [5, 5.41) is 0.635. The van der Waals surface area contributed by atoms with Crippen LogP contribution in [0.15, 0.2) is 33.4 Å². The molecule has 2 aliphatic heterocycles. The van der Waals surface area contributed by atoms with Gasteiger partial charge < -0.3 is 9.47 Å². The van der Waals surface area contributed by atoms with Crippen molar-refractivity contribution in [2.45, 2.75) is 50.7 Å². The lowest BCUT2D eigenvalue weighted by molar-refractivity contribution is -0.0324. The van der Waals surface area contributed by atoms with Gasteiger partial charge in [0, 0.05) is 36.5 Å². The second-order valence-corrected chi connectivity index (χ2v) is 9.80. The molecule has 1 saturated carbocycles. The van der Waals surface area contributed by atoms with E-state index in [0.29, 0.717) is 16.5 Å². The van der Waals surface area contributed by atoms with Gasteiger partial charge >= 0.3 is 5.69 Å². The van der Waals surface area contributed by atoms with Gasteiger partial charge in [-0.25, -0.2) is 4.79 Å². The summed E-state index contributed by atoms with van der Waals surface area (Å²) >= 11 is 6.24. The molecule has 1 aromatic heterocycles. The number of rotatable bonds is 0. The number of hydrogen-bond acceptors (Lipinski definition) is 4. The van der Waals surface area contributed by atoms with Crippen LogP contribution in [0.25, 0.3) is 6.08 Å². The Bertz CT molecular complexity index is 1240. The number of fused-ring (bicyclic) bond motifs is 6. The van der Waals surface area contributed by atoms with Gasteiger partial charge in [0.15, 0.2) is 0 Å². The number of halogens is 1. The Balaban J connectivity index is 1.83. The van der Waals surface area contributed by atoms with Crippen molar-refractivity contribution in [3.05, 3.63) is 60.8 Å². The highest BCUT2D eigenvalue weighted by molar-refractivity contribution is 6.30. The van der Waals surface area contributed by atoms with Crippen molar-refractivity contribution in [3.63, 3.8) is 0 Å². The standard InChI is InChI=1S/C23H25ClN2O4/c1-22(2)14-8-9-23(3)15(11-12-10-13(24)6-7-16(12)29-23)17(14)18-19(27)25(4)21(28)26(5)20(18)30-22/h6-7,10-11,14,17H,8-9H2,1-5H3/t14-,17-,23+/m1/s1. The van der Waals surface area contributed by atoms with E-state index in [2.05, 4.69) is 13.0 Å². The van der Waals surface area contributed by atoms with E-state index in [4.69, 9.17) is 21.1 Å². The van der Waals surface area contributed by atoms with Crippen molar-refractivity contribution in [1.29, 1.82) is 0 Å². The summed E-state index contributed by atoms with van der Waals surface area (Å²) in [5.41, 5.74) is 0.718. The predicted octanol–water partition coefficient (Wildman–Crippen LogP) is 3.64. The lowest BCUT2D eigenvalue weighted by Crippen LogP contribution is -2.56. The molecule has 0 saturated heterocycles. The van der Waals surface area contributed by atoms with Crippen LogP contribution in [0.4, 0.5) is 0 Å². The molecule has 7 heteroatoms. The third kappa shape index (κ3) is 2.49. The molecule has 0 N–H and O–H groups in total. The number of nitrogens with zero attached hydrogens (tertiary/aromatic N) is 2. The van der Waals surface area contributed by atoms with Crippen molar-refractivity contribution >= 4 is 17.7 Å². The van der Waals surface area contributed by atoms with E-state index < -0.39 is 16.9 Å². The average Bonchev–Trinajstić information content (AvgIpc) is 2.68. The SMILES string of the molecule is Cn1c2c(c(=O)n(C)c1=O)[C@H]1C3=Cc4cc(Cl)ccc4O[C@@]3(C)CC[C@H]1C(C)(C)O2. The third-order valence-electron chi connectivity index (χ3n) is 7.11. The molecule has 3 aliphatic rings. The van der Waals surface area contributed by atoms with Crippen molar-refractivity contribution in [3.8, 4) is 11.6 Å². The van der Waals surface area contributed by atoms with Crippen LogP contribution in [0.1, 0.15) is 50.7 Å². The Morgan fingerprint density at radius 3 is 2.57 bits per heavy atom. The van der Waals surface area contributed by atoms with Crippen LogP contribution in [0.5, 0.6) is 11.6 Å². The molecule has 158 valence electrons. The van der Waals surface area contributed by atoms with E-state index in [1.165, 1.54) is 16.2 Å². The van der Waals surface area contributed by atoms with Gasteiger partial charge in [-0.05, 0) is 63.5 Å². The quantitative estimate of drug-likeness (QED) is 0.642. The first-order valence-electron chi connectivity index (χ1n) is 10.2. The molecular formula is C23H25ClN2O4. The number of aromatic nitrogens is 2. The van der Waals surface area contributed by atoms with Gasteiger partial charge in [-0.1, -0.05) is 11.6 Å². The first kappa shape index (κ1) is 19.5. The zero-order chi connectivity index (χ0) is 21.6. The summed E-state index contributed by atoms with van der Waals surface area (Å²) in [7, 11) is 3.17. The maximum Gasteiger partial charge on any atom is 0.333 e. The Hall–Kier alpha value is -2.47. The Kier molecular flexibility index (Phi) is 3.92. The first-order valence-corrected chi connectivity index (χ1v) is 10.6. The molecule has 2 aromatic rings. The van der Waals surface area contributed by atoms with Crippen LogP contribution in [-0.4, -0.2) is 20.3 Å². The van der Waals surface area contributed by atoms with Crippen molar-refractivity contribution in [2.24, 2.45) is 20.0 Å². The number of benzene rings is 1. The highest BCUT2D eigenvalue weighted by Gasteiger charge is 2.55. The molecule has 3 heterocycles. The third-order valence-corrected chi connectivity index (χ3v) is 7.34. The maximum atomic E-state index is 13.3. The van der Waals surface area contributed by atoms with E-state index in [-0.39, 0.29) is 17.4 Å². The molecule has 5 rings (SSSR count). The minimum Gasteiger partial charge on any atom is -0.483 e. The number of hydrogen-bond donors (Lipinski definition) is 0. The van der Waals surface area contributed by atoms with Gasteiger partial charge in [0.05, 0.1) is 5.56 Å². The predicted molar refractivity (Wildman–Crippen MR) is 116 cm³/mol. The van der Waals surface area contributed by atoms with Crippen molar-refractivity contribution in [2.75, 3.05) is 0 Å². The van der Waals surface area contributed by atoms with Crippen LogP contribution in [0, 0.1) is 5.92 Å². The molecule has 1 aromatic carbocycles. The molecule has 30 heavy (non-hydrogen) atoms. The molecule has 0 amide bonds. The van der Waals surface area contributed by atoms with Gasteiger partial charge in [0.2, 0.25) is 5.88 Å². The normalized spacial score (nSPS) is 28.1. The van der Waals surface area contributed by atoms with Crippen LogP contribution in [0.2, 0.25) is 5.02 Å². The topological polar surface area (TPSA) is 62.5 Å². The van der Waals surface area contributed by atoms with Crippen LogP contribution in [-0.2, 0) is 14.1 Å². The van der Waals surface area contributed by atoms with Crippen LogP contribution in [0.3, 0.4) is 0 Å². The van der Waals surface area contributed by atoms with Gasteiger partial charge in [-0.3, -0.25) is 13.9 Å². The number of ether oxygens (including phenoxy) is 2. The summed E-state index contributed by atoms with van der Waals surface area (Å²) in [6.45, 7) is 6.15. The lowest BCUT2D eigenvalue weighted by atomic mass is 9.60. The largest absolute Gasteiger partial charge is 0.483 e. The summed E-state index contributed by atoms with van der Waals surface area (Å²) in [6, 6.07) is 5.61. The molecule has 0 unspecified atom stereocenters. The van der Waals surface area contributed by atoms with E-state index >= 15 is 0 Å². The van der Waals surface area contributed by atoms with E-state index in [1.54, 1.807) is 7.05 Å². The minimum absolute atomic E-state index is 0.0823. The fourth-order valence-electron chi connectivity index (χ4n) is 5.45. The van der Waals surface area contributed by atoms with Crippen molar-refractivity contribution in [1.82, 2.24) is 9.13 Å². The van der Waals surface area contributed by atoms with E-state index in [1.807, 2.05) is 32.0 Å². The second-order valence-electron chi connectivity index (χ2n) is 9.37. The smallest absolute Gasteiger partial charge is 0.333 e. The summed E-state index contributed by atoms with van der Waals surface area (Å²) in [4.78, 5) is 25.9. The zero-order valence-corrected chi connectivity index (χ0v) is 18.5. The van der Waals surface area contributed by atoms with Gasteiger partial charge in [0.1, 0.15) is 17.0 Å². The molecule has 0 spiro atoms. The molecule has 1 fully saturated rings. The molecular weight excluding hydrogens is 404 g/mol. The molecule has 3 atom stereocenters. The monoisotopic (exact) mass is 428 g/mol. The molecule has 0 bridgehead atoms. The van der Waals surface area contributed by atoms with Crippen LogP contribution >= 0.6 is 11.6 Å². The summed E-state index contributed by atoms with van der Waals surface area (Å²) in [5.74, 6) is 1.03. The second kappa shape index (κ2) is 6.03. The highest BCUT2D eigenvalue weighted by atomic mass is 35.5. The van der Waals surface area contributed by atoms with Gasteiger partial charge in [-0.15, -0.1) is 0 Å². The van der Waals surface area contributed by atoms with E-state index in [9.17, 15) is 9.59 Å². The zero-order valence-electron chi connectivity index (χ0n) is 17.8. The van der Waals surface area contributed by atoms with E-state index in [0.717, 1.165) is 29.7 Å². The Labute approximate surface area is 179 Å². The maximum absolute atomic E-state index is 13.3. The fourth-order valence-corrected chi connectivity index (χ4v) is 5.63. The average molecular weight is 429 g/mol. The van der Waals surface area contributed by atoms with Crippen molar-refractivity contribution < 1.29 is 9.47 Å². The Morgan fingerprint density at radius 1 is 1.10 bits per heavy atom. The summed E-state index contributed by atoms with van der Waals surface area (Å²) < 4.78 is 15.4. The lowest BCUT2D eigenvalue weighted by Gasteiger charge is -2.53. The van der Waals surface area contributed by atoms with Gasteiger partial charge in [-0.2, -0.15) is 0 Å². The fraction of sp³-hybridized carbons (Fsp3) is 0.478. The minimum atomic E-state index is -0.537. The van der Waals surface area contributed by atoms with Crippen LogP contribution < -0.4 is 20.7 Å². The molecule has 0 radical (unpaired) electrons. The first-order chi connectivity index (χ1) is 14.0. The molecule has 1 aliphatic carbocycles. The summed E-state index contributed by atoms with van der Waals surface area (Å²) in [6.07, 6.45) is 3.79. The Morgan fingerprint density at radius 2 is 1.83 bits per heavy atom.